The van der Waals surface area contributed by atoms with Gasteiger partial charge in [0.15, 0.2) is 5.88 Å². The van der Waals surface area contributed by atoms with Crippen LogP contribution in [0.4, 0.5) is 26.3 Å². The first kappa shape index (κ1) is 29.4. The van der Waals surface area contributed by atoms with E-state index < -0.39 is 30.6 Å². The van der Waals surface area contributed by atoms with E-state index in [-0.39, 0.29) is 42.5 Å². The molecule has 3 aromatic rings. The fourth-order valence-corrected chi connectivity index (χ4v) is 4.54. The third kappa shape index (κ3) is 8.72. The molecule has 38 heavy (non-hydrogen) atoms. The number of rotatable bonds is 12. The zero-order valence-electron chi connectivity index (χ0n) is 20.5. The highest BCUT2D eigenvalue weighted by Crippen LogP contribution is 2.38. The standard InChI is InChI=1S/C29H28ClF6NO/c1-21(38-14-13-30)37-20-27(17-22-7-3-2-4-8-22,25-11-5-9-23(15-25)18-28(31,32)33)26-12-6-10-24(16-26)19-29(34,35)36/h2-12,15-16,37H,1,13-14,17-20H2. The molecular weight excluding hydrogens is 528 g/mol. The van der Waals surface area contributed by atoms with Crippen molar-refractivity contribution in [3.05, 3.63) is 119 Å². The van der Waals surface area contributed by atoms with E-state index in [0.29, 0.717) is 11.1 Å². The van der Waals surface area contributed by atoms with Gasteiger partial charge in [0.2, 0.25) is 0 Å². The number of hydrogen-bond acceptors (Lipinski definition) is 2. The first-order chi connectivity index (χ1) is 17.9. The van der Waals surface area contributed by atoms with Crippen LogP contribution in [0.5, 0.6) is 0 Å². The molecule has 0 amide bonds. The molecule has 2 nitrogen and oxygen atoms in total. The first-order valence-electron chi connectivity index (χ1n) is 11.9. The molecule has 0 aliphatic rings. The zero-order chi connectivity index (χ0) is 27.8. The van der Waals surface area contributed by atoms with E-state index in [2.05, 4.69) is 11.9 Å². The molecule has 0 spiro atoms. The predicted octanol–water partition coefficient (Wildman–Crippen LogP) is 7.74. The Bertz CT molecular complexity index is 1130. The van der Waals surface area contributed by atoms with Crippen molar-refractivity contribution in [1.82, 2.24) is 5.32 Å². The van der Waals surface area contributed by atoms with E-state index in [0.717, 1.165) is 5.56 Å². The molecule has 9 heteroatoms. The molecule has 0 aliphatic carbocycles. The molecule has 0 aliphatic heterocycles. The van der Waals surface area contributed by atoms with Crippen LogP contribution < -0.4 is 5.32 Å². The number of ether oxygens (including phenoxy) is 1. The molecule has 0 saturated heterocycles. The van der Waals surface area contributed by atoms with Crippen LogP contribution in [0.1, 0.15) is 27.8 Å². The van der Waals surface area contributed by atoms with Gasteiger partial charge in [-0.3, -0.25) is 0 Å². The smallest absolute Gasteiger partial charge is 0.393 e. The van der Waals surface area contributed by atoms with Crippen molar-refractivity contribution in [3.8, 4) is 0 Å². The summed E-state index contributed by atoms with van der Waals surface area (Å²) in [5, 5.41) is 3.09. The summed E-state index contributed by atoms with van der Waals surface area (Å²) < 4.78 is 85.0. The second-order valence-electron chi connectivity index (χ2n) is 9.04. The lowest BCUT2D eigenvalue weighted by Gasteiger charge is -2.37. The van der Waals surface area contributed by atoms with Crippen LogP contribution in [0.2, 0.25) is 0 Å². The molecule has 0 saturated carbocycles. The van der Waals surface area contributed by atoms with E-state index in [9.17, 15) is 26.3 Å². The van der Waals surface area contributed by atoms with Crippen LogP contribution in [-0.4, -0.2) is 31.4 Å². The second-order valence-corrected chi connectivity index (χ2v) is 9.42. The Morgan fingerprint density at radius 1 is 0.711 bits per heavy atom. The van der Waals surface area contributed by atoms with Gasteiger partial charge < -0.3 is 10.1 Å². The van der Waals surface area contributed by atoms with Crippen molar-refractivity contribution in [2.45, 2.75) is 37.0 Å². The summed E-state index contributed by atoms with van der Waals surface area (Å²) in [4.78, 5) is 0. The molecule has 0 heterocycles. The molecule has 0 unspecified atom stereocenters. The van der Waals surface area contributed by atoms with Gasteiger partial charge in [-0.1, -0.05) is 78.9 Å². The Balaban J connectivity index is 2.19. The lowest BCUT2D eigenvalue weighted by atomic mass is 9.69. The molecule has 3 rings (SSSR count). The highest BCUT2D eigenvalue weighted by molar-refractivity contribution is 6.17. The van der Waals surface area contributed by atoms with Crippen molar-refractivity contribution in [2.75, 3.05) is 19.0 Å². The van der Waals surface area contributed by atoms with Crippen LogP contribution in [0, 0.1) is 0 Å². The Morgan fingerprint density at radius 2 is 1.21 bits per heavy atom. The average Bonchev–Trinajstić information content (AvgIpc) is 2.84. The fraction of sp³-hybridized carbons (Fsp3) is 0.310. The van der Waals surface area contributed by atoms with Gasteiger partial charge in [-0.15, -0.1) is 11.6 Å². The van der Waals surface area contributed by atoms with E-state index in [1.54, 1.807) is 12.1 Å². The quantitative estimate of drug-likeness (QED) is 0.140. The van der Waals surface area contributed by atoms with Gasteiger partial charge in [-0.05, 0) is 40.8 Å². The molecule has 0 aromatic heterocycles. The highest BCUT2D eigenvalue weighted by atomic mass is 35.5. The van der Waals surface area contributed by atoms with Crippen molar-refractivity contribution in [1.29, 1.82) is 0 Å². The summed E-state index contributed by atoms with van der Waals surface area (Å²) in [5.41, 5.74) is 0.920. The summed E-state index contributed by atoms with van der Waals surface area (Å²) >= 11 is 5.70. The maximum absolute atomic E-state index is 13.3. The zero-order valence-corrected chi connectivity index (χ0v) is 21.3. The Labute approximate surface area is 223 Å². The third-order valence-electron chi connectivity index (χ3n) is 6.06. The van der Waals surface area contributed by atoms with Gasteiger partial charge in [-0.2, -0.15) is 26.3 Å². The van der Waals surface area contributed by atoms with Crippen molar-refractivity contribution in [2.24, 2.45) is 0 Å². The van der Waals surface area contributed by atoms with Gasteiger partial charge in [-0.25, -0.2) is 0 Å². The van der Waals surface area contributed by atoms with Gasteiger partial charge in [0.1, 0.15) is 6.61 Å². The summed E-state index contributed by atoms with van der Waals surface area (Å²) in [6.07, 6.45) is -10.8. The van der Waals surface area contributed by atoms with Crippen LogP contribution in [0.25, 0.3) is 0 Å². The average molecular weight is 556 g/mol. The molecule has 0 atom stereocenters. The number of nitrogens with one attached hydrogen (secondary N) is 1. The maximum Gasteiger partial charge on any atom is 0.393 e. The van der Waals surface area contributed by atoms with Crippen LogP contribution in [-0.2, 0) is 29.4 Å². The van der Waals surface area contributed by atoms with Crippen molar-refractivity contribution >= 4 is 11.6 Å². The molecule has 0 radical (unpaired) electrons. The lowest BCUT2D eigenvalue weighted by molar-refractivity contribution is -0.128. The molecule has 0 fully saturated rings. The summed E-state index contributed by atoms with van der Waals surface area (Å²) in [6.45, 7) is 4.11. The van der Waals surface area contributed by atoms with Crippen molar-refractivity contribution in [3.63, 3.8) is 0 Å². The largest absolute Gasteiger partial charge is 0.478 e. The molecule has 204 valence electrons. The Hall–Kier alpha value is -3.13. The summed E-state index contributed by atoms with van der Waals surface area (Å²) in [7, 11) is 0. The molecular formula is C29H28ClF6NO. The van der Waals surface area contributed by atoms with E-state index in [1.165, 1.54) is 36.4 Å². The number of benzene rings is 3. The monoisotopic (exact) mass is 555 g/mol. The molecule has 3 aromatic carbocycles. The van der Waals surface area contributed by atoms with Crippen LogP contribution in [0.15, 0.2) is 91.3 Å². The fourth-order valence-electron chi connectivity index (χ4n) is 4.46. The minimum absolute atomic E-state index is 0.0519. The van der Waals surface area contributed by atoms with Gasteiger partial charge in [0, 0.05) is 12.0 Å². The summed E-state index contributed by atoms with van der Waals surface area (Å²) in [5.74, 6) is 0.412. The number of hydrogen-bond donors (Lipinski definition) is 1. The second kappa shape index (κ2) is 12.6. The third-order valence-corrected chi connectivity index (χ3v) is 6.21. The minimum atomic E-state index is -4.42. The Kier molecular flexibility index (Phi) is 9.77. The highest BCUT2D eigenvalue weighted by Gasteiger charge is 2.37. The summed E-state index contributed by atoms with van der Waals surface area (Å²) in [6, 6.07) is 21.4. The predicted molar refractivity (Wildman–Crippen MR) is 137 cm³/mol. The molecule has 1 N–H and O–H groups in total. The van der Waals surface area contributed by atoms with Gasteiger partial charge in [0.25, 0.3) is 0 Å². The van der Waals surface area contributed by atoms with Crippen LogP contribution >= 0.6 is 11.6 Å². The van der Waals surface area contributed by atoms with E-state index in [4.69, 9.17) is 16.3 Å². The van der Waals surface area contributed by atoms with Gasteiger partial charge >= 0.3 is 12.4 Å². The maximum atomic E-state index is 13.3. The number of alkyl halides is 7. The van der Waals surface area contributed by atoms with E-state index in [1.807, 2.05) is 30.3 Å². The number of halogens is 7. The van der Waals surface area contributed by atoms with Crippen molar-refractivity contribution < 1.29 is 31.1 Å². The van der Waals surface area contributed by atoms with Crippen LogP contribution in [0.3, 0.4) is 0 Å². The first-order valence-corrected chi connectivity index (χ1v) is 12.4. The normalized spacial score (nSPS) is 12.3. The lowest BCUT2D eigenvalue weighted by Crippen LogP contribution is -2.41. The topological polar surface area (TPSA) is 21.3 Å². The minimum Gasteiger partial charge on any atom is -0.478 e. The van der Waals surface area contributed by atoms with E-state index >= 15 is 0 Å². The molecule has 0 bridgehead atoms. The van der Waals surface area contributed by atoms with Gasteiger partial charge in [0.05, 0.1) is 18.7 Å². The SMILES string of the molecule is C=C(NCC(Cc1ccccc1)(c1cccc(CC(F)(F)F)c1)c1cccc(CC(F)(F)F)c1)OCCCl. The Morgan fingerprint density at radius 3 is 1.68 bits per heavy atom.